The van der Waals surface area contributed by atoms with Gasteiger partial charge in [0.15, 0.2) is 0 Å². The molecule has 0 aliphatic carbocycles. The molecule has 0 radical (unpaired) electrons. The van der Waals surface area contributed by atoms with E-state index in [1.165, 1.54) is 108 Å². The van der Waals surface area contributed by atoms with Gasteiger partial charge in [0.1, 0.15) is 0 Å². The number of hydrogen-bond donors (Lipinski definition) is 0. The lowest BCUT2D eigenvalue weighted by Gasteiger charge is -2.17. The second-order valence-corrected chi connectivity index (χ2v) is 7.87. The summed E-state index contributed by atoms with van der Waals surface area (Å²) >= 11 is 0. The first-order valence-corrected chi connectivity index (χ1v) is 11.0. The highest BCUT2D eigenvalue weighted by molar-refractivity contribution is 8.93. The summed E-state index contributed by atoms with van der Waals surface area (Å²) in [7, 11) is 4.29. The van der Waals surface area contributed by atoms with Crippen LogP contribution in [-0.2, 0) is 6.42 Å². The molecular weight excluding hydrogens is 382 g/mol. The van der Waals surface area contributed by atoms with Crippen LogP contribution >= 0.6 is 17.0 Å². The number of rotatable bonds is 16. The van der Waals surface area contributed by atoms with E-state index in [0.717, 1.165) is 0 Å². The van der Waals surface area contributed by atoms with Crippen molar-refractivity contribution >= 4 is 22.7 Å². The summed E-state index contributed by atoms with van der Waals surface area (Å²) in [6.07, 6.45) is 21.3. The Hall–Kier alpha value is -0.500. The zero-order chi connectivity index (χ0) is 18.2. The van der Waals surface area contributed by atoms with Gasteiger partial charge in [-0.15, -0.1) is 17.0 Å². The van der Waals surface area contributed by atoms with Crippen LogP contribution in [-0.4, -0.2) is 14.1 Å². The lowest BCUT2D eigenvalue weighted by Crippen LogP contribution is -2.11. The summed E-state index contributed by atoms with van der Waals surface area (Å²) in [5.74, 6) is 0. The normalized spacial score (nSPS) is 10.6. The highest BCUT2D eigenvalue weighted by atomic mass is 79.9. The summed E-state index contributed by atoms with van der Waals surface area (Å²) in [6.45, 7) is 2.29. The van der Waals surface area contributed by atoms with Crippen molar-refractivity contribution < 1.29 is 0 Å². The van der Waals surface area contributed by atoms with E-state index in [0.29, 0.717) is 0 Å². The molecule has 0 N–H and O–H groups in total. The largest absolute Gasteiger partial charge is 0.377 e. The number of benzene rings is 1. The minimum Gasteiger partial charge on any atom is -0.377 e. The van der Waals surface area contributed by atoms with Gasteiger partial charge in [0.2, 0.25) is 0 Å². The first kappa shape index (κ1) is 25.5. The van der Waals surface area contributed by atoms with Crippen molar-refractivity contribution in [3.8, 4) is 0 Å². The maximum Gasteiger partial charge on any atom is 0.0393 e. The van der Waals surface area contributed by atoms with Crippen molar-refractivity contribution in [3.05, 3.63) is 29.8 Å². The maximum absolute atomic E-state index is 2.29. The van der Waals surface area contributed by atoms with Gasteiger partial charge in [0, 0.05) is 19.8 Å². The maximum atomic E-state index is 2.29. The van der Waals surface area contributed by atoms with E-state index in [1.54, 1.807) is 0 Å². The minimum absolute atomic E-state index is 0. The Morgan fingerprint density at radius 1 is 0.615 bits per heavy atom. The summed E-state index contributed by atoms with van der Waals surface area (Å²) in [5, 5.41) is 0. The van der Waals surface area contributed by atoms with Crippen LogP contribution in [0.2, 0.25) is 0 Å². The fraction of sp³-hybridized carbons (Fsp3) is 0.750. The Labute approximate surface area is 174 Å². The van der Waals surface area contributed by atoms with Gasteiger partial charge in [-0.2, -0.15) is 0 Å². The van der Waals surface area contributed by atoms with E-state index in [-0.39, 0.29) is 17.0 Å². The van der Waals surface area contributed by atoms with E-state index in [4.69, 9.17) is 0 Å². The number of unbranched alkanes of at least 4 members (excludes halogenated alkanes) is 13. The number of para-hydroxylation sites is 1. The average Bonchev–Trinajstić information content (AvgIpc) is 2.62. The van der Waals surface area contributed by atoms with E-state index in [2.05, 4.69) is 50.2 Å². The number of nitrogens with zero attached hydrogens (tertiary/aromatic N) is 1. The zero-order valence-electron chi connectivity index (χ0n) is 17.8. The molecule has 0 spiro atoms. The molecule has 1 aromatic carbocycles. The molecule has 0 atom stereocenters. The lowest BCUT2D eigenvalue weighted by atomic mass is 10.0. The Balaban J connectivity index is 0.00000625. The van der Waals surface area contributed by atoms with Crippen LogP contribution in [0, 0.1) is 0 Å². The quantitative estimate of drug-likeness (QED) is 0.240. The van der Waals surface area contributed by atoms with Crippen molar-refractivity contribution in [2.24, 2.45) is 0 Å². The lowest BCUT2D eigenvalue weighted by molar-refractivity contribution is 0.535. The van der Waals surface area contributed by atoms with Crippen LogP contribution in [0.4, 0.5) is 5.69 Å². The monoisotopic (exact) mass is 425 g/mol. The average molecular weight is 427 g/mol. The van der Waals surface area contributed by atoms with Crippen molar-refractivity contribution in [1.29, 1.82) is 0 Å². The minimum atomic E-state index is 0. The van der Waals surface area contributed by atoms with Crippen LogP contribution in [0.1, 0.15) is 102 Å². The van der Waals surface area contributed by atoms with Crippen LogP contribution in [0.15, 0.2) is 24.3 Å². The standard InChI is InChI=1S/C24H43N.BrH/c1-4-5-6-7-8-9-10-11-12-13-14-15-16-17-20-23-21-18-19-22-24(23)25(2)3;/h18-19,21-22H,4-17,20H2,1-3H3;1H. The predicted octanol–water partition coefficient (Wildman–Crippen LogP) is 8.35. The molecule has 0 unspecified atom stereocenters. The van der Waals surface area contributed by atoms with Crippen molar-refractivity contribution in [3.63, 3.8) is 0 Å². The van der Waals surface area contributed by atoms with Gasteiger partial charge in [-0.05, 0) is 24.5 Å². The topological polar surface area (TPSA) is 3.24 Å². The van der Waals surface area contributed by atoms with Crippen LogP contribution in [0.25, 0.3) is 0 Å². The molecule has 0 fully saturated rings. The molecule has 26 heavy (non-hydrogen) atoms. The van der Waals surface area contributed by atoms with Crippen molar-refractivity contribution in [2.75, 3.05) is 19.0 Å². The van der Waals surface area contributed by atoms with Crippen LogP contribution < -0.4 is 4.90 Å². The van der Waals surface area contributed by atoms with E-state index in [1.807, 2.05) is 0 Å². The van der Waals surface area contributed by atoms with E-state index < -0.39 is 0 Å². The Bertz CT molecular complexity index is 416. The number of aryl methyl sites for hydroxylation is 1. The highest BCUT2D eigenvalue weighted by Gasteiger charge is 2.03. The number of anilines is 1. The molecule has 0 amide bonds. The summed E-state index contributed by atoms with van der Waals surface area (Å²) in [6, 6.07) is 8.84. The summed E-state index contributed by atoms with van der Waals surface area (Å²) in [4.78, 5) is 2.24. The zero-order valence-corrected chi connectivity index (χ0v) is 19.5. The first-order chi connectivity index (χ1) is 12.3. The fourth-order valence-electron chi connectivity index (χ4n) is 3.67. The second kappa shape index (κ2) is 17.9. The van der Waals surface area contributed by atoms with Gasteiger partial charge in [-0.1, -0.05) is 109 Å². The number of halogens is 1. The molecular formula is C24H44BrN. The molecule has 1 rings (SSSR count). The SMILES string of the molecule is Br.CCCCCCCCCCCCCCCCc1ccccc1N(C)C. The molecule has 0 heterocycles. The smallest absolute Gasteiger partial charge is 0.0393 e. The van der Waals surface area contributed by atoms with Gasteiger partial charge in [-0.25, -0.2) is 0 Å². The Morgan fingerprint density at radius 2 is 1.04 bits per heavy atom. The Kier molecular flexibility index (Phi) is 17.5. The molecule has 0 saturated carbocycles. The Morgan fingerprint density at radius 3 is 1.50 bits per heavy atom. The molecule has 0 bridgehead atoms. The van der Waals surface area contributed by atoms with E-state index in [9.17, 15) is 0 Å². The second-order valence-electron chi connectivity index (χ2n) is 7.87. The first-order valence-electron chi connectivity index (χ1n) is 11.0. The molecule has 0 aliphatic rings. The third-order valence-corrected chi connectivity index (χ3v) is 5.27. The number of hydrogen-bond acceptors (Lipinski definition) is 1. The van der Waals surface area contributed by atoms with Crippen molar-refractivity contribution in [1.82, 2.24) is 0 Å². The van der Waals surface area contributed by atoms with Crippen LogP contribution in [0.5, 0.6) is 0 Å². The molecule has 1 aromatic rings. The third kappa shape index (κ3) is 12.8. The fourth-order valence-corrected chi connectivity index (χ4v) is 3.67. The van der Waals surface area contributed by atoms with Crippen molar-refractivity contribution in [2.45, 2.75) is 103 Å². The summed E-state index contributed by atoms with van der Waals surface area (Å²) < 4.78 is 0. The molecule has 0 aliphatic heterocycles. The predicted molar refractivity (Wildman–Crippen MR) is 125 cm³/mol. The molecule has 0 saturated heterocycles. The summed E-state index contributed by atoms with van der Waals surface area (Å²) in [5.41, 5.74) is 2.89. The molecule has 1 nitrogen and oxygen atoms in total. The highest BCUT2D eigenvalue weighted by Crippen LogP contribution is 2.20. The van der Waals surface area contributed by atoms with Gasteiger partial charge >= 0.3 is 0 Å². The third-order valence-electron chi connectivity index (χ3n) is 5.27. The molecule has 2 heteroatoms. The van der Waals surface area contributed by atoms with E-state index >= 15 is 0 Å². The van der Waals surface area contributed by atoms with Crippen LogP contribution in [0.3, 0.4) is 0 Å². The molecule has 152 valence electrons. The molecule has 0 aromatic heterocycles. The van der Waals surface area contributed by atoms with Gasteiger partial charge in [0.25, 0.3) is 0 Å². The van der Waals surface area contributed by atoms with Gasteiger partial charge in [-0.3, -0.25) is 0 Å². The van der Waals surface area contributed by atoms with Gasteiger partial charge in [0.05, 0.1) is 0 Å². The van der Waals surface area contributed by atoms with Gasteiger partial charge < -0.3 is 4.90 Å².